The van der Waals surface area contributed by atoms with Gasteiger partial charge in [-0.2, -0.15) is 15.0 Å². The molecule has 0 spiro atoms. The first-order valence-corrected chi connectivity index (χ1v) is 8.95. The first kappa shape index (κ1) is 17.3. The SMILES string of the molecule is Cc1cccc(Nc2nc(NCc3ccco3)nc(N3CCOCC3)n2)c1. The Kier molecular flexibility index (Phi) is 5.15. The van der Waals surface area contributed by atoms with E-state index in [4.69, 9.17) is 9.15 Å². The second-order valence-electron chi connectivity index (χ2n) is 6.31. The smallest absolute Gasteiger partial charge is 0.233 e. The molecule has 8 nitrogen and oxygen atoms in total. The molecule has 1 aliphatic heterocycles. The second-order valence-corrected chi connectivity index (χ2v) is 6.31. The number of ether oxygens (including phenoxy) is 1. The molecule has 1 saturated heterocycles. The molecule has 0 bridgehead atoms. The molecular formula is C19H22N6O2. The minimum Gasteiger partial charge on any atom is -0.467 e. The topological polar surface area (TPSA) is 88.3 Å². The van der Waals surface area contributed by atoms with Gasteiger partial charge in [-0.3, -0.25) is 0 Å². The summed E-state index contributed by atoms with van der Waals surface area (Å²) in [5.74, 6) is 2.44. The number of nitrogens with one attached hydrogen (secondary N) is 2. The van der Waals surface area contributed by atoms with Gasteiger partial charge in [0.25, 0.3) is 0 Å². The summed E-state index contributed by atoms with van der Waals surface area (Å²) >= 11 is 0. The lowest BCUT2D eigenvalue weighted by molar-refractivity contribution is 0.122. The van der Waals surface area contributed by atoms with Gasteiger partial charge in [-0.1, -0.05) is 12.1 Å². The maximum atomic E-state index is 5.43. The molecule has 3 heterocycles. The van der Waals surface area contributed by atoms with Crippen LogP contribution in [0.2, 0.25) is 0 Å². The van der Waals surface area contributed by atoms with E-state index >= 15 is 0 Å². The van der Waals surface area contributed by atoms with Crippen molar-refractivity contribution in [2.75, 3.05) is 41.8 Å². The Morgan fingerprint density at radius 2 is 1.89 bits per heavy atom. The molecule has 8 heteroatoms. The first-order valence-electron chi connectivity index (χ1n) is 8.95. The molecule has 1 aliphatic rings. The highest BCUT2D eigenvalue weighted by molar-refractivity contribution is 5.56. The fourth-order valence-corrected chi connectivity index (χ4v) is 2.84. The maximum Gasteiger partial charge on any atom is 0.233 e. The molecule has 2 N–H and O–H groups in total. The zero-order valence-electron chi connectivity index (χ0n) is 15.2. The molecule has 0 aliphatic carbocycles. The van der Waals surface area contributed by atoms with E-state index in [2.05, 4.69) is 30.5 Å². The van der Waals surface area contributed by atoms with Gasteiger partial charge in [0.2, 0.25) is 17.8 Å². The predicted molar refractivity (Wildman–Crippen MR) is 103 cm³/mol. The highest BCUT2D eigenvalue weighted by Gasteiger charge is 2.17. The number of furan rings is 1. The van der Waals surface area contributed by atoms with E-state index in [1.807, 2.05) is 43.3 Å². The Hall–Kier alpha value is -3.13. The van der Waals surface area contributed by atoms with Gasteiger partial charge in [-0.15, -0.1) is 0 Å². The number of morpholine rings is 1. The Morgan fingerprint density at radius 1 is 1.04 bits per heavy atom. The summed E-state index contributed by atoms with van der Waals surface area (Å²) in [5.41, 5.74) is 2.10. The van der Waals surface area contributed by atoms with Crippen LogP contribution in [0.4, 0.5) is 23.5 Å². The average molecular weight is 366 g/mol. The van der Waals surface area contributed by atoms with Crippen molar-refractivity contribution in [1.82, 2.24) is 15.0 Å². The van der Waals surface area contributed by atoms with Crippen LogP contribution in [-0.2, 0) is 11.3 Å². The van der Waals surface area contributed by atoms with Crippen LogP contribution in [0, 0.1) is 6.92 Å². The largest absolute Gasteiger partial charge is 0.467 e. The summed E-state index contributed by atoms with van der Waals surface area (Å²) in [7, 11) is 0. The summed E-state index contributed by atoms with van der Waals surface area (Å²) in [5, 5.41) is 6.48. The third kappa shape index (κ3) is 4.53. The number of hydrogen-bond donors (Lipinski definition) is 2. The molecule has 0 amide bonds. The van der Waals surface area contributed by atoms with Gasteiger partial charge in [-0.25, -0.2) is 0 Å². The highest BCUT2D eigenvalue weighted by atomic mass is 16.5. The van der Waals surface area contributed by atoms with E-state index in [9.17, 15) is 0 Å². The van der Waals surface area contributed by atoms with Crippen LogP contribution in [0.5, 0.6) is 0 Å². The van der Waals surface area contributed by atoms with Gasteiger partial charge < -0.3 is 24.7 Å². The highest BCUT2D eigenvalue weighted by Crippen LogP contribution is 2.19. The van der Waals surface area contributed by atoms with Crippen LogP contribution >= 0.6 is 0 Å². The lowest BCUT2D eigenvalue weighted by Crippen LogP contribution is -2.37. The van der Waals surface area contributed by atoms with Gasteiger partial charge in [0.1, 0.15) is 5.76 Å². The molecule has 4 rings (SSSR count). The lowest BCUT2D eigenvalue weighted by Gasteiger charge is -2.27. The van der Waals surface area contributed by atoms with Crippen LogP contribution in [0.3, 0.4) is 0 Å². The van der Waals surface area contributed by atoms with Crippen molar-refractivity contribution < 1.29 is 9.15 Å². The molecule has 1 aromatic carbocycles. The summed E-state index contributed by atoms with van der Waals surface area (Å²) < 4.78 is 10.8. The fraction of sp³-hybridized carbons (Fsp3) is 0.316. The Bertz CT molecular complexity index is 878. The molecule has 0 radical (unpaired) electrons. The van der Waals surface area contributed by atoms with E-state index in [-0.39, 0.29) is 0 Å². The monoisotopic (exact) mass is 366 g/mol. The van der Waals surface area contributed by atoms with Crippen molar-refractivity contribution >= 4 is 23.5 Å². The van der Waals surface area contributed by atoms with Crippen LogP contribution in [0.25, 0.3) is 0 Å². The van der Waals surface area contributed by atoms with Crippen molar-refractivity contribution in [3.8, 4) is 0 Å². The van der Waals surface area contributed by atoms with Crippen molar-refractivity contribution in [1.29, 1.82) is 0 Å². The molecule has 1 fully saturated rings. The molecular weight excluding hydrogens is 344 g/mol. The summed E-state index contributed by atoms with van der Waals surface area (Å²) in [6, 6.07) is 11.8. The summed E-state index contributed by atoms with van der Waals surface area (Å²) in [4.78, 5) is 15.8. The van der Waals surface area contributed by atoms with E-state index in [1.165, 1.54) is 5.56 Å². The zero-order valence-corrected chi connectivity index (χ0v) is 15.2. The minimum absolute atomic E-state index is 0.498. The average Bonchev–Trinajstić information content (AvgIpc) is 3.21. The number of aryl methyl sites for hydroxylation is 1. The van der Waals surface area contributed by atoms with E-state index in [0.29, 0.717) is 37.6 Å². The molecule has 140 valence electrons. The number of benzene rings is 1. The standard InChI is InChI=1S/C19H22N6O2/c1-14-4-2-5-15(12-14)21-18-22-17(20-13-16-6-3-9-27-16)23-19(24-18)25-7-10-26-11-8-25/h2-6,9,12H,7-8,10-11,13H2,1H3,(H2,20,21,22,23,24). The fourth-order valence-electron chi connectivity index (χ4n) is 2.84. The third-order valence-electron chi connectivity index (χ3n) is 4.19. The minimum atomic E-state index is 0.498. The first-order chi connectivity index (χ1) is 13.3. The predicted octanol–water partition coefficient (Wildman–Crippen LogP) is 2.97. The van der Waals surface area contributed by atoms with Crippen LogP contribution in [-0.4, -0.2) is 41.3 Å². The van der Waals surface area contributed by atoms with E-state index in [1.54, 1.807) is 6.26 Å². The molecule has 27 heavy (non-hydrogen) atoms. The van der Waals surface area contributed by atoms with Gasteiger partial charge in [0.05, 0.1) is 26.0 Å². The number of hydrogen-bond acceptors (Lipinski definition) is 8. The Balaban J connectivity index is 1.58. The molecule has 0 atom stereocenters. The van der Waals surface area contributed by atoms with Crippen molar-refractivity contribution in [3.63, 3.8) is 0 Å². The number of anilines is 4. The van der Waals surface area contributed by atoms with Crippen molar-refractivity contribution in [2.24, 2.45) is 0 Å². The lowest BCUT2D eigenvalue weighted by atomic mass is 10.2. The van der Waals surface area contributed by atoms with Crippen LogP contribution < -0.4 is 15.5 Å². The normalized spacial score (nSPS) is 14.2. The Morgan fingerprint density at radius 3 is 2.67 bits per heavy atom. The van der Waals surface area contributed by atoms with Crippen LogP contribution in [0.15, 0.2) is 47.1 Å². The van der Waals surface area contributed by atoms with Gasteiger partial charge in [0.15, 0.2) is 0 Å². The quantitative estimate of drug-likeness (QED) is 0.688. The molecule has 3 aromatic rings. The van der Waals surface area contributed by atoms with Crippen molar-refractivity contribution in [3.05, 3.63) is 54.0 Å². The van der Waals surface area contributed by atoms with Gasteiger partial charge in [0, 0.05) is 18.8 Å². The van der Waals surface area contributed by atoms with Crippen LogP contribution in [0.1, 0.15) is 11.3 Å². The number of aromatic nitrogens is 3. The van der Waals surface area contributed by atoms with E-state index < -0.39 is 0 Å². The summed E-state index contributed by atoms with van der Waals surface area (Å²) in [6.07, 6.45) is 1.65. The zero-order chi connectivity index (χ0) is 18.5. The van der Waals surface area contributed by atoms with E-state index in [0.717, 1.165) is 24.5 Å². The van der Waals surface area contributed by atoms with Gasteiger partial charge >= 0.3 is 0 Å². The van der Waals surface area contributed by atoms with Gasteiger partial charge in [-0.05, 0) is 36.8 Å². The second kappa shape index (κ2) is 8.05. The third-order valence-corrected chi connectivity index (χ3v) is 4.19. The molecule has 2 aromatic heterocycles. The Labute approximate surface area is 157 Å². The molecule has 0 saturated carbocycles. The number of rotatable bonds is 6. The summed E-state index contributed by atoms with van der Waals surface area (Å²) in [6.45, 7) is 5.40. The maximum absolute atomic E-state index is 5.43. The molecule has 0 unspecified atom stereocenters. The van der Waals surface area contributed by atoms with Crippen molar-refractivity contribution in [2.45, 2.75) is 13.5 Å². The number of nitrogens with zero attached hydrogens (tertiary/aromatic N) is 4.